The van der Waals surface area contributed by atoms with Crippen LogP contribution in [-0.2, 0) is 4.79 Å². The fourth-order valence-electron chi connectivity index (χ4n) is 1.22. The van der Waals surface area contributed by atoms with Crippen LogP contribution in [0.15, 0.2) is 0 Å². The van der Waals surface area contributed by atoms with Gasteiger partial charge in [0.25, 0.3) is 0 Å². The number of nitrogens with two attached hydrogens (primary N) is 2. The molecular formula is C7H14N2O. The summed E-state index contributed by atoms with van der Waals surface area (Å²) < 4.78 is 0. The van der Waals surface area contributed by atoms with Gasteiger partial charge < -0.3 is 11.5 Å². The molecule has 0 aromatic rings. The molecule has 1 aliphatic rings. The van der Waals surface area contributed by atoms with E-state index in [1.807, 2.05) is 0 Å². The Morgan fingerprint density at radius 3 is 2.60 bits per heavy atom. The van der Waals surface area contributed by atoms with E-state index in [0.29, 0.717) is 12.3 Å². The zero-order valence-electron chi connectivity index (χ0n) is 6.26. The zero-order chi connectivity index (χ0) is 7.78. The summed E-state index contributed by atoms with van der Waals surface area (Å²) in [6.45, 7) is 2.10. The van der Waals surface area contributed by atoms with E-state index < -0.39 is 0 Å². The van der Waals surface area contributed by atoms with Crippen LogP contribution in [0.5, 0.6) is 0 Å². The molecule has 0 aliphatic heterocycles. The zero-order valence-corrected chi connectivity index (χ0v) is 6.26. The maximum Gasteiger partial charge on any atom is 0.217 e. The van der Waals surface area contributed by atoms with Gasteiger partial charge in [0.1, 0.15) is 0 Å². The molecular weight excluding hydrogens is 128 g/mol. The Kier molecular flexibility index (Phi) is 1.68. The Labute approximate surface area is 60.8 Å². The van der Waals surface area contributed by atoms with E-state index in [1.165, 1.54) is 0 Å². The van der Waals surface area contributed by atoms with E-state index >= 15 is 0 Å². The van der Waals surface area contributed by atoms with Crippen molar-refractivity contribution in [2.45, 2.75) is 31.7 Å². The number of carbonyl (C=O) groups excluding carboxylic acids is 1. The second-order valence-corrected chi connectivity index (χ2v) is 3.30. The van der Waals surface area contributed by atoms with Gasteiger partial charge in [0.05, 0.1) is 0 Å². The summed E-state index contributed by atoms with van der Waals surface area (Å²) in [5.41, 5.74) is 10.7. The SMILES string of the molecule is CC1CC1(N)CCC(N)=O. The summed E-state index contributed by atoms with van der Waals surface area (Å²) in [4.78, 5) is 10.3. The van der Waals surface area contributed by atoms with Crippen molar-refractivity contribution in [2.75, 3.05) is 0 Å². The third-order valence-electron chi connectivity index (χ3n) is 2.34. The predicted molar refractivity (Wildman–Crippen MR) is 39.1 cm³/mol. The molecule has 0 aromatic heterocycles. The summed E-state index contributed by atoms with van der Waals surface area (Å²) in [6.07, 6.45) is 2.23. The number of rotatable bonds is 3. The molecule has 0 saturated heterocycles. The van der Waals surface area contributed by atoms with Crippen molar-refractivity contribution in [3.05, 3.63) is 0 Å². The van der Waals surface area contributed by atoms with Gasteiger partial charge in [-0.25, -0.2) is 0 Å². The molecule has 3 heteroatoms. The smallest absolute Gasteiger partial charge is 0.217 e. The van der Waals surface area contributed by atoms with E-state index in [1.54, 1.807) is 0 Å². The monoisotopic (exact) mass is 142 g/mol. The molecule has 4 N–H and O–H groups in total. The Bertz CT molecular complexity index is 158. The van der Waals surface area contributed by atoms with E-state index in [0.717, 1.165) is 12.8 Å². The lowest BCUT2D eigenvalue weighted by atomic mass is 10.1. The molecule has 1 saturated carbocycles. The first-order valence-electron chi connectivity index (χ1n) is 3.62. The van der Waals surface area contributed by atoms with Crippen molar-refractivity contribution < 1.29 is 4.79 Å². The summed E-state index contributed by atoms with van der Waals surface area (Å²) >= 11 is 0. The van der Waals surface area contributed by atoms with E-state index in [9.17, 15) is 4.79 Å². The summed E-state index contributed by atoms with van der Waals surface area (Å²) in [5.74, 6) is 0.329. The van der Waals surface area contributed by atoms with Gasteiger partial charge in [0.15, 0.2) is 0 Å². The second-order valence-electron chi connectivity index (χ2n) is 3.30. The van der Waals surface area contributed by atoms with Crippen molar-refractivity contribution in [1.29, 1.82) is 0 Å². The average Bonchev–Trinajstić information content (AvgIpc) is 2.38. The normalized spacial score (nSPS) is 37.6. The van der Waals surface area contributed by atoms with Crippen LogP contribution in [0.25, 0.3) is 0 Å². The van der Waals surface area contributed by atoms with Gasteiger partial charge in [0.2, 0.25) is 5.91 Å². The topological polar surface area (TPSA) is 69.1 Å². The minimum absolute atomic E-state index is 0.0605. The van der Waals surface area contributed by atoms with E-state index in [4.69, 9.17) is 11.5 Å². The molecule has 0 heterocycles. The van der Waals surface area contributed by atoms with Gasteiger partial charge in [-0.1, -0.05) is 6.92 Å². The maximum absolute atomic E-state index is 10.3. The van der Waals surface area contributed by atoms with Gasteiger partial charge in [-0.15, -0.1) is 0 Å². The number of hydrogen-bond donors (Lipinski definition) is 2. The molecule has 0 bridgehead atoms. The fourth-order valence-corrected chi connectivity index (χ4v) is 1.22. The van der Waals surface area contributed by atoms with Gasteiger partial charge in [-0.3, -0.25) is 4.79 Å². The van der Waals surface area contributed by atoms with Crippen LogP contribution in [-0.4, -0.2) is 11.4 Å². The van der Waals surface area contributed by atoms with Crippen LogP contribution in [0.1, 0.15) is 26.2 Å². The lowest BCUT2D eigenvalue weighted by Gasteiger charge is -2.06. The molecule has 2 unspecified atom stereocenters. The number of hydrogen-bond acceptors (Lipinski definition) is 2. The second kappa shape index (κ2) is 2.23. The number of carbonyl (C=O) groups is 1. The van der Waals surface area contributed by atoms with Crippen LogP contribution in [0.3, 0.4) is 0 Å². The highest BCUT2D eigenvalue weighted by atomic mass is 16.1. The third-order valence-corrected chi connectivity index (χ3v) is 2.34. The van der Waals surface area contributed by atoms with Crippen LogP contribution in [0.2, 0.25) is 0 Å². The molecule has 3 nitrogen and oxygen atoms in total. The average molecular weight is 142 g/mol. The summed E-state index contributed by atoms with van der Waals surface area (Å²) in [7, 11) is 0. The van der Waals surface area contributed by atoms with Gasteiger partial charge in [-0.05, 0) is 18.8 Å². The van der Waals surface area contributed by atoms with Gasteiger partial charge >= 0.3 is 0 Å². The van der Waals surface area contributed by atoms with Crippen molar-refractivity contribution >= 4 is 5.91 Å². The largest absolute Gasteiger partial charge is 0.370 e. The molecule has 1 rings (SSSR count). The summed E-state index contributed by atoms with van der Waals surface area (Å²) in [6, 6.07) is 0. The number of amides is 1. The van der Waals surface area contributed by atoms with Crippen molar-refractivity contribution in [3.63, 3.8) is 0 Å². The molecule has 58 valence electrons. The Morgan fingerprint density at radius 2 is 2.30 bits per heavy atom. The van der Waals surface area contributed by atoms with Crippen molar-refractivity contribution in [1.82, 2.24) is 0 Å². The molecule has 10 heavy (non-hydrogen) atoms. The van der Waals surface area contributed by atoms with Crippen LogP contribution >= 0.6 is 0 Å². The first kappa shape index (κ1) is 7.54. The molecule has 0 spiro atoms. The first-order chi connectivity index (χ1) is 4.54. The standard InChI is InChI=1S/C7H14N2O/c1-5-4-7(5,9)3-2-6(8)10/h5H,2-4,9H2,1H3,(H2,8,10). The molecule has 2 atom stereocenters. The minimum atomic E-state index is -0.246. The molecule has 1 fully saturated rings. The fraction of sp³-hybridized carbons (Fsp3) is 0.857. The highest BCUT2D eigenvalue weighted by Crippen LogP contribution is 2.43. The summed E-state index contributed by atoms with van der Waals surface area (Å²) in [5, 5.41) is 0. The Balaban J connectivity index is 2.21. The van der Waals surface area contributed by atoms with Gasteiger partial charge in [0, 0.05) is 12.0 Å². The highest BCUT2D eigenvalue weighted by Gasteiger charge is 2.46. The van der Waals surface area contributed by atoms with Crippen molar-refractivity contribution in [3.8, 4) is 0 Å². The quantitative estimate of drug-likeness (QED) is 0.582. The number of primary amides is 1. The highest BCUT2D eigenvalue weighted by molar-refractivity contribution is 5.73. The van der Waals surface area contributed by atoms with Crippen LogP contribution in [0, 0.1) is 5.92 Å². The van der Waals surface area contributed by atoms with E-state index in [-0.39, 0.29) is 11.4 Å². The van der Waals surface area contributed by atoms with Crippen LogP contribution in [0.4, 0.5) is 0 Å². The first-order valence-corrected chi connectivity index (χ1v) is 3.62. The Morgan fingerprint density at radius 1 is 1.80 bits per heavy atom. The molecule has 0 aromatic carbocycles. The lowest BCUT2D eigenvalue weighted by molar-refractivity contribution is -0.118. The Hall–Kier alpha value is -0.570. The van der Waals surface area contributed by atoms with Crippen LogP contribution < -0.4 is 11.5 Å². The molecule has 1 amide bonds. The van der Waals surface area contributed by atoms with Crippen molar-refractivity contribution in [2.24, 2.45) is 17.4 Å². The predicted octanol–water partition coefficient (Wildman–Crippen LogP) is -0.0108. The molecule has 0 radical (unpaired) electrons. The minimum Gasteiger partial charge on any atom is -0.370 e. The maximum atomic E-state index is 10.3. The van der Waals surface area contributed by atoms with E-state index in [2.05, 4.69) is 6.92 Å². The van der Waals surface area contributed by atoms with Gasteiger partial charge in [-0.2, -0.15) is 0 Å². The lowest BCUT2D eigenvalue weighted by Crippen LogP contribution is -2.26. The molecule has 1 aliphatic carbocycles. The third kappa shape index (κ3) is 1.48.